The van der Waals surface area contributed by atoms with E-state index >= 15 is 0 Å². The summed E-state index contributed by atoms with van der Waals surface area (Å²) in [6.07, 6.45) is 2.98. The maximum absolute atomic E-state index is 11.8. The minimum absolute atomic E-state index is 0.00623. The second-order valence-corrected chi connectivity index (χ2v) is 5.27. The molecule has 0 unspecified atom stereocenters. The predicted octanol–water partition coefficient (Wildman–Crippen LogP) is 1.98. The largest absolute Gasteiger partial charge is 0.370 e. The molecule has 7 heteroatoms. The van der Waals surface area contributed by atoms with E-state index < -0.39 is 0 Å². The highest BCUT2D eigenvalue weighted by atomic mass is 32.2. The molecule has 0 saturated heterocycles. The van der Waals surface area contributed by atoms with Crippen molar-refractivity contribution in [2.24, 2.45) is 0 Å². The van der Waals surface area contributed by atoms with Crippen LogP contribution in [0.1, 0.15) is 27.2 Å². The topological polar surface area (TPSA) is 70.2 Å². The molecule has 6 nitrogen and oxygen atoms in total. The van der Waals surface area contributed by atoms with Gasteiger partial charge >= 0.3 is 0 Å². The summed E-state index contributed by atoms with van der Waals surface area (Å²) in [5.41, 5.74) is 0. The summed E-state index contributed by atoms with van der Waals surface area (Å²) in [6.45, 7) is 8.57. The number of hydrogen-bond donors (Lipinski definition) is 2. The Kier molecular flexibility index (Phi) is 7.89. The van der Waals surface area contributed by atoms with Crippen molar-refractivity contribution in [2.75, 3.05) is 42.7 Å². The summed E-state index contributed by atoms with van der Waals surface area (Å²) in [7, 11) is 0. The quantitative estimate of drug-likeness (QED) is 0.537. The van der Waals surface area contributed by atoms with Crippen LogP contribution in [0.4, 0.5) is 11.6 Å². The highest BCUT2D eigenvalue weighted by molar-refractivity contribution is 7.98. The van der Waals surface area contributed by atoms with Crippen LogP contribution in [-0.4, -0.2) is 48.3 Å². The lowest BCUT2D eigenvalue weighted by atomic mass is 10.4. The standard InChI is InChI=1S/C14H25N5OS/c1-5-8-16-11-9-12(18-14(17-11)21-4)19(7-3)10-13(20)15-6-2/h9H,5-8,10H2,1-4H3,(H,15,20)(H,16,17,18). The molecule has 0 bridgehead atoms. The molecule has 1 aromatic rings. The van der Waals surface area contributed by atoms with Gasteiger partial charge in [0.1, 0.15) is 11.6 Å². The molecule has 0 aliphatic rings. The van der Waals surface area contributed by atoms with Gasteiger partial charge in [0.05, 0.1) is 6.54 Å². The van der Waals surface area contributed by atoms with E-state index in [-0.39, 0.29) is 5.91 Å². The van der Waals surface area contributed by atoms with Crippen molar-refractivity contribution in [1.82, 2.24) is 15.3 Å². The second kappa shape index (κ2) is 9.44. The van der Waals surface area contributed by atoms with Gasteiger partial charge in [-0.05, 0) is 26.5 Å². The van der Waals surface area contributed by atoms with Crippen molar-refractivity contribution in [2.45, 2.75) is 32.3 Å². The van der Waals surface area contributed by atoms with Gasteiger partial charge in [-0.25, -0.2) is 9.97 Å². The van der Waals surface area contributed by atoms with Gasteiger partial charge in [-0.1, -0.05) is 18.7 Å². The normalized spacial score (nSPS) is 10.3. The first-order chi connectivity index (χ1) is 10.1. The maximum atomic E-state index is 11.8. The van der Waals surface area contributed by atoms with E-state index in [4.69, 9.17) is 0 Å². The lowest BCUT2D eigenvalue weighted by molar-refractivity contribution is -0.119. The summed E-state index contributed by atoms with van der Waals surface area (Å²) >= 11 is 1.50. The van der Waals surface area contributed by atoms with Crippen LogP contribution >= 0.6 is 11.8 Å². The highest BCUT2D eigenvalue weighted by Crippen LogP contribution is 2.20. The van der Waals surface area contributed by atoms with Gasteiger partial charge in [0.15, 0.2) is 5.16 Å². The summed E-state index contributed by atoms with van der Waals surface area (Å²) in [4.78, 5) is 22.7. The monoisotopic (exact) mass is 311 g/mol. The minimum Gasteiger partial charge on any atom is -0.370 e. The average Bonchev–Trinajstić information content (AvgIpc) is 2.50. The average molecular weight is 311 g/mol. The molecular formula is C14H25N5OS. The van der Waals surface area contributed by atoms with E-state index in [1.54, 1.807) is 0 Å². The highest BCUT2D eigenvalue weighted by Gasteiger charge is 2.13. The van der Waals surface area contributed by atoms with Crippen LogP contribution in [0.5, 0.6) is 0 Å². The fourth-order valence-corrected chi connectivity index (χ4v) is 2.17. The minimum atomic E-state index is 0.00623. The van der Waals surface area contributed by atoms with Crippen molar-refractivity contribution in [3.63, 3.8) is 0 Å². The zero-order valence-electron chi connectivity index (χ0n) is 13.3. The molecule has 0 radical (unpaired) electrons. The summed E-state index contributed by atoms with van der Waals surface area (Å²) < 4.78 is 0. The number of carbonyl (C=O) groups excluding carboxylic acids is 1. The Morgan fingerprint density at radius 3 is 2.67 bits per heavy atom. The molecular weight excluding hydrogens is 286 g/mol. The number of likely N-dealkylation sites (N-methyl/N-ethyl adjacent to an activating group) is 2. The Morgan fingerprint density at radius 2 is 2.10 bits per heavy atom. The first-order valence-corrected chi connectivity index (χ1v) is 8.55. The van der Waals surface area contributed by atoms with Gasteiger partial charge in [-0.15, -0.1) is 0 Å². The first kappa shape index (κ1) is 17.6. The van der Waals surface area contributed by atoms with E-state index in [9.17, 15) is 4.79 Å². The molecule has 2 N–H and O–H groups in total. The van der Waals surface area contributed by atoms with E-state index in [1.807, 2.05) is 31.1 Å². The summed E-state index contributed by atoms with van der Waals surface area (Å²) in [6, 6.07) is 1.90. The molecule has 1 heterocycles. The van der Waals surface area contributed by atoms with Gasteiger partial charge in [-0.3, -0.25) is 4.79 Å². The van der Waals surface area contributed by atoms with Crippen LogP contribution in [0.15, 0.2) is 11.2 Å². The lowest BCUT2D eigenvalue weighted by Gasteiger charge is -2.22. The van der Waals surface area contributed by atoms with Crippen LogP contribution in [0, 0.1) is 0 Å². The van der Waals surface area contributed by atoms with Crippen molar-refractivity contribution in [3.8, 4) is 0 Å². The van der Waals surface area contributed by atoms with Crippen LogP contribution in [-0.2, 0) is 4.79 Å². The fourth-order valence-electron chi connectivity index (χ4n) is 1.79. The molecule has 0 saturated carbocycles. The summed E-state index contributed by atoms with van der Waals surface area (Å²) in [5, 5.41) is 6.80. The Labute approximate surface area is 131 Å². The smallest absolute Gasteiger partial charge is 0.239 e. The molecule has 0 aliphatic heterocycles. The Morgan fingerprint density at radius 1 is 1.33 bits per heavy atom. The lowest BCUT2D eigenvalue weighted by Crippen LogP contribution is -2.37. The van der Waals surface area contributed by atoms with Crippen molar-refractivity contribution >= 4 is 29.3 Å². The number of thioether (sulfide) groups is 1. The van der Waals surface area contributed by atoms with E-state index in [1.165, 1.54) is 11.8 Å². The molecule has 1 rings (SSSR count). The van der Waals surface area contributed by atoms with E-state index in [2.05, 4.69) is 27.5 Å². The third kappa shape index (κ3) is 5.79. The van der Waals surface area contributed by atoms with Crippen molar-refractivity contribution in [1.29, 1.82) is 0 Å². The Balaban J connectivity index is 2.93. The first-order valence-electron chi connectivity index (χ1n) is 7.33. The van der Waals surface area contributed by atoms with Gasteiger partial charge in [0.2, 0.25) is 5.91 Å². The molecule has 0 spiro atoms. The number of hydrogen-bond acceptors (Lipinski definition) is 6. The van der Waals surface area contributed by atoms with Gasteiger partial charge in [-0.2, -0.15) is 0 Å². The van der Waals surface area contributed by atoms with Crippen LogP contribution in [0.25, 0.3) is 0 Å². The number of carbonyl (C=O) groups is 1. The molecule has 0 atom stereocenters. The number of amides is 1. The van der Waals surface area contributed by atoms with Gasteiger partial charge in [0, 0.05) is 25.7 Å². The van der Waals surface area contributed by atoms with Gasteiger partial charge in [0.25, 0.3) is 0 Å². The third-order valence-electron chi connectivity index (χ3n) is 2.84. The number of nitrogens with zero attached hydrogens (tertiary/aromatic N) is 3. The predicted molar refractivity (Wildman–Crippen MR) is 89.2 cm³/mol. The molecule has 21 heavy (non-hydrogen) atoms. The molecule has 1 amide bonds. The number of rotatable bonds is 9. The fraction of sp³-hybridized carbons (Fsp3) is 0.643. The second-order valence-electron chi connectivity index (χ2n) is 4.49. The van der Waals surface area contributed by atoms with Crippen LogP contribution < -0.4 is 15.5 Å². The molecule has 118 valence electrons. The Hall–Kier alpha value is -1.50. The van der Waals surface area contributed by atoms with Crippen molar-refractivity contribution in [3.05, 3.63) is 6.07 Å². The van der Waals surface area contributed by atoms with Crippen LogP contribution in [0.2, 0.25) is 0 Å². The molecule has 0 aliphatic carbocycles. The van der Waals surface area contributed by atoms with Gasteiger partial charge < -0.3 is 15.5 Å². The number of anilines is 2. The van der Waals surface area contributed by atoms with Crippen LogP contribution in [0.3, 0.4) is 0 Å². The molecule has 1 aromatic heterocycles. The molecule has 0 aromatic carbocycles. The zero-order valence-corrected chi connectivity index (χ0v) is 14.1. The molecule has 0 fully saturated rings. The van der Waals surface area contributed by atoms with Crippen molar-refractivity contribution < 1.29 is 4.79 Å². The van der Waals surface area contributed by atoms with E-state index in [0.717, 1.165) is 31.1 Å². The SMILES string of the molecule is CCCNc1cc(N(CC)CC(=O)NCC)nc(SC)n1. The Bertz CT molecular complexity index is 455. The number of nitrogens with one attached hydrogen (secondary N) is 2. The zero-order chi connectivity index (χ0) is 15.7. The maximum Gasteiger partial charge on any atom is 0.239 e. The number of aromatic nitrogens is 2. The summed E-state index contributed by atoms with van der Waals surface area (Å²) in [5.74, 6) is 1.59. The van der Waals surface area contributed by atoms with E-state index in [0.29, 0.717) is 18.2 Å². The third-order valence-corrected chi connectivity index (χ3v) is 3.39.